The first-order valence-corrected chi connectivity index (χ1v) is 21.3. The highest BCUT2D eigenvalue weighted by Crippen LogP contribution is 2.67. The molecule has 0 aromatic heterocycles. The second-order valence-electron chi connectivity index (χ2n) is 18.4. The second-order valence-corrected chi connectivity index (χ2v) is 18.4. The Morgan fingerprint density at radius 2 is 1.44 bits per heavy atom. The number of hydrogen-bond acceptors (Lipinski definition) is 2. The van der Waals surface area contributed by atoms with Crippen molar-refractivity contribution in [3.8, 4) is 0 Å². The van der Waals surface area contributed by atoms with Gasteiger partial charge in [0.25, 0.3) is 0 Å². The molecule has 3 saturated carbocycles. The van der Waals surface area contributed by atoms with Crippen LogP contribution in [-0.2, 0) is 4.79 Å². The third-order valence-electron chi connectivity index (χ3n) is 14.6. The molecule has 0 spiro atoms. The first kappa shape index (κ1) is 39.7. The summed E-state index contributed by atoms with van der Waals surface area (Å²) in [5, 5.41) is 20.5. The van der Waals surface area contributed by atoms with Gasteiger partial charge in [-0.05, 0) is 129 Å². The van der Waals surface area contributed by atoms with Crippen LogP contribution in [0.5, 0.6) is 0 Å². The van der Waals surface area contributed by atoms with Gasteiger partial charge in [0.05, 0.1) is 6.10 Å². The molecule has 4 aliphatic rings. The van der Waals surface area contributed by atoms with Gasteiger partial charge in [-0.25, -0.2) is 0 Å². The largest absolute Gasteiger partial charge is 0.481 e. The molecule has 276 valence electrons. The summed E-state index contributed by atoms with van der Waals surface area (Å²) < 4.78 is 0. The summed E-state index contributed by atoms with van der Waals surface area (Å²) in [5.74, 6) is 4.56. The van der Waals surface area contributed by atoms with Gasteiger partial charge in [0.2, 0.25) is 0 Å². The highest BCUT2D eigenvalue weighted by Gasteiger charge is 2.61. The Hall–Kier alpha value is -1.09. The van der Waals surface area contributed by atoms with Crippen LogP contribution in [0.3, 0.4) is 0 Å². The first-order chi connectivity index (χ1) is 23.1. The van der Waals surface area contributed by atoms with Crippen molar-refractivity contribution in [1.29, 1.82) is 0 Å². The topological polar surface area (TPSA) is 57.5 Å². The van der Waals surface area contributed by atoms with E-state index in [0.29, 0.717) is 35.0 Å². The molecule has 0 saturated heterocycles. The smallest absolute Gasteiger partial charge is 0.303 e. The maximum atomic E-state index is 11.8. The number of rotatable bonds is 22. The van der Waals surface area contributed by atoms with Crippen LogP contribution in [0, 0.1) is 52.3 Å². The maximum Gasteiger partial charge on any atom is 0.303 e. The standard InChI is InChI=1S/C45H78O3/c1-34(2)22-21-23-35(3)38-26-27-39-43-40(29-31-45(38,39)5)44(4)30-28-36(32-37(44)33-41(43)46)24-19-17-15-13-11-9-7-6-8-10-12-14-16-18-20-25-42(47)48/h6,8,33-36,38-41,43,46H,7,9-32H2,1-5H3,(H,47,48)/b8-6-/t35-,36+,38-,39?,40?,41+,43?,44+,45-/m1/s1. The third-order valence-corrected chi connectivity index (χ3v) is 14.6. The zero-order chi connectivity index (χ0) is 34.6. The predicted molar refractivity (Wildman–Crippen MR) is 204 cm³/mol. The molecule has 0 bridgehead atoms. The van der Waals surface area contributed by atoms with Crippen molar-refractivity contribution in [3.63, 3.8) is 0 Å². The van der Waals surface area contributed by atoms with Gasteiger partial charge < -0.3 is 10.2 Å². The normalized spacial score (nSPS) is 33.8. The van der Waals surface area contributed by atoms with Crippen molar-refractivity contribution in [2.75, 3.05) is 0 Å². The van der Waals surface area contributed by atoms with Crippen LogP contribution < -0.4 is 0 Å². The molecule has 3 heteroatoms. The molecule has 48 heavy (non-hydrogen) atoms. The van der Waals surface area contributed by atoms with Crippen LogP contribution in [0.2, 0.25) is 0 Å². The van der Waals surface area contributed by atoms with E-state index in [1.165, 1.54) is 141 Å². The van der Waals surface area contributed by atoms with Gasteiger partial charge in [0, 0.05) is 6.42 Å². The lowest BCUT2D eigenvalue weighted by Crippen LogP contribution is -2.54. The number of aliphatic carboxylic acids is 1. The van der Waals surface area contributed by atoms with E-state index < -0.39 is 5.97 Å². The molecule has 0 amide bonds. The fraction of sp³-hybridized carbons (Fsp3) is 0.889. The number of fused-ring (bicyclic) bond motifs is 5. The molecule has 0 radical (unpaired) electrons. The summed E-state index contributed by atoms with van der Waals surface area (Å²) in [7, 11) is 0. The van der Waals surface area contributed by atoms with Crippen molar-refractivity contribution >= 4 is 5.97 Å². The first-order valence-electron chi connectivity index (χ1n) is 21.3. The lowest BCUT2D eigenvalue weighted by atomic mass is 9.46. The summed E-state index contributed by atoms with van der Waals surface area (Å²) in [6.45, 7) is 12.6. The molecule has 3 nitrogen and oxygen atoms in total. The summed E-state index contributed by atoms with van der Waals surface area (Å²) in [6, 6.07) is 0. The Morgan fingerprint density at radius 3 is 2.10 bits per heavy atom. The minimum Gasteiger partial charge on any atom is -0.481 e. The minimum absolute atomic E-state index is 0.215. The van der Waals surface area contributed by atoms with E-state index in [1.807, 2.05) is 0 Å². The Balaban J connectivity index is 1.11. The van der Waals surface area contributed by atoms with Crippen LogP contribution in [0.1, 0.15) is 195 Å². The fourth-order valence-corrected chi connectivity index (χ4v) is 11.7. The quantitative estimate of drug-likeness (QED) is 0.0893. The molecular weight excluding hydrogens is 588 g/mol. The minimum atomic E-state index is -0.664. The number of aliphatic hydroxyl groups excluding tert-OH is 1. The van der Waals surface area contributed by atoms with E-state index in [4.69, 9.17) is 5.11 Å². The molecule has 3 unspecified atom stereocenters. The van der Waals surface area contributed by atoms with Crippen LogP contribution >= 0.6 is 0 Å². The molecule has 0 aromatic rings. The zero-order valence-electron chi connectivity index (χ0n) is 32.3. The number of carboxylic acids is 1. The van der Waals surface area contributed by atoms with Gasteiger partial charge in [-0.3, -0.25) is 4.79 Å². The number of carbonyl (C=O) groups is 1. The van der Waals surface area contributed by atoms with Gasteiger partial charge >= 0.3 is 5.97 Å². The molecular formula is C45H78O3. The van der Waals surface area contributed by atoms with E-state index >= 15 is 0 Å². The Labute approximate surface area is 297 Å². The van der Waals surface area contributed by atoms with Crippen molar-refractivity contribution in [3.05, 3.63) is 23.8 Å². The lowest BCUT2D eigenvalue weighted by molar-refractivity contribution is -0.137. The Morgan fingerprint density at radius 1 is 0.792 bits per heavy atom. The van der Waals surface area contributed by atoms with Crippen molar-refractivity contribution < 1.29 is 15.0 Å². The second kappa shape index (κ2) is 19.5. The maximum absolute atomic E-state index is 11.8. The summed E-state index contributed by atoms with van der Waals surface area (Å²) in [6.07, 6.45) is 38.4. The molecule has 2 N–H and O–H groups in total. The van der Waals surface area contributed by atoms with Crippen molar-refractivity contribution in [1.82, 2.24) is 0 Å². The number of carboxylic acid groups (broad SMARTS) is 1. The monoisotopic (exact) mass is 667 g/mol. The average Bonchev–Trinajstić information content (AvgIpc) is 3.40. The number of hydrogen-bond donors (Lipinski definition) is 2. The molecule has 9 atom stereocenters. The van der Waals surface area contributed by atoms with E-state index in [1.54, 1.807) is 5.57 Å². The van der Waals surface area contributed by atoms with Crippen LogP contribution in [-0.4, -0.2) is 22.3 Å². The highest BCUT2D eigenvalue weighted by atomic mass is 16.4. The van der Waals surface area contributed by atoms with Gasteiger partial charge in [0.15, 0.2) is 0 Å². The molecule has 4 rings (SSSR count). The third kappa shape index (κ3) is 10.7. The Bertz CT molecular complexity index is 1010. The van der Waals surface area contributed by atoms with E-state index in [9.17, 15) is 9.90 Å². The van der Waals surface area contributed by atoms with Gasteiger partial charge in [-0.2, -0.15) is 0 Å². The summed E-state index contributed by atoms with van der Waals surface area (Å²) in [4.78, 5) is 10.6. The van der Waals surface area contributed by atoms with Gasteiger partial charge in [-0.15, -0.1) is 0 Å². The Kier molecular flexibility index (Phi) is 16.1. The molecule has 4 aliphatic carbocycles. The predicted octanol–water partition coefficient (Wildman–Crippen LogP) is 13.1. The molecule has 3 fully saturated rings. The number of allylic oxidation sites excluding steroid dienone is 3. The molecule has 0 aliphatic heterocycles. The molecule has 0 aromatic carbocycles. The van der Waals surface area contributed by atoms with Crippen molar-refractivity contribution in [2.24, 2.45) is 52.3 Å². The highest BCUT2D eigenvalue weighted by molar-refractivity contribution is 5.66. The van der Waals surface area contributed by atoms with Crippen LogP contribution in [0.25, 0.3) is 0 Å². The van der Waals surface area contributed by atoms with Crippen LogP contribution in [0.4, 0.5) is 0 Å². The lowest BCUT2D eigenvalue weighted by Gasteiger charge is -2.59. The fourth-order valence-electron chi connectivity index (χ4n) is 11.7. The van der Waals surface area contributed by atoms with Gasteiger partial charge in [0.1, 0.15) is 0 Å². The number of unbranched alkanes of at least 4 members (excludes halogenated alkanes) is 11. The average molecular weight is 667 g/mol. The summed E-state index contributed by atoms with van der Waals surface area (Å²) in [5.41, 5.74) is 2.42. The van der Waals surface area contributed by atoms with Crippen LogP contribution in [0.15, 0.2) is 23.8 Å². The van der Waals surface area contributed by atoms with E-state index in [-0.39, 0.29) is 6.10 Å². The zero-order valence-corrected chi connectivity index (χ0v) is 32.3. The van der Waals surface area contributed by atoms with Crippen molar-refractivity contribution in [2.45, 2.75) is 201 Å². The molecule has 0 heterocycles. The SMILES string of the molecule is CC(C)CCC[C@@H](C)[C@H]1CCC2C3C(CC[C@@]21C)[C@@]1(C)CC[C@H](CCCCCCCC/C=C\CCCCCCCC(=O)O)CC1=C[C@@H]3O. The van der Waals surface area contributed by atoms with E-state index in [2.05, 4.69) is 52.8 Å². The number of aliphatic hydroxyl groups is 1. The van der Waals surface area contributed by atoms with Gasteiger partial charge in [-0.1, -0.05) is 135 Å². The van der Waals surface area contributed by atoms with E-state index in [0.717, 1.165) is 36.5 Å². The summed E-state index contributed by atoms with van der Waals surface area (Å²) >= 11 is 0.